The van der Waals surface area contributed by atoms with Gasteiger partial charge in [-0.3, -0.25) is 0 Å². The number of nitrogen functional groups attached to an aromatic ring is 1. The number of nitrogens with one attached hydrogen (secondary N) is 1. The molecule has 0 atom stereocenters. The summed E-state index contributed by atoms with van der Waals surface area (Å²) < 4.78 is 39.1. The molecule has 2 nitrogen and oxygen atoms in total. The van der Waals surface area contributed by atoms with Crippen LogP contribution < -0.4 is 11.1 Å². The van der Waals surface area contributed by atoms with Crippen LogP contribution >= 0.6 is 0 Å². The second-order valence-corrected chi connectivity index (χ2v) is 5.21. The molecule has 0 aromatic heterocycles. The van der Waals surface area contributed by atoms with Crippen molar-refractivity contribution in [3.05, 3.63) is 53.6 Å². The molecule has 2 aromatic carbocycles. The third-order valence-corrected chi connectivity index (χ3v) is 3.18. The Morgan fingerprint density at radius 2 is 1.76 bits per heavy atom. The highest BCUT2D eigenvalue weighted by molar-refractivity contribution is 5.67. The number of benzene rings is 2. The van der Waals surface area contributed by atoms with Gasteiger partial charge in [-0.25, -0.2) is 0 Å². The molecule has 0 aliphatic heterocycles. The van der Waals surface area contributed by atoms with E-state index < -0.39 is 11.7 Å². The van der Waals surface area contributed by atoms with E-state index >= 15 is 0 Å². The molecule has 2 rings (SSSR count). The molecule has 0 radical (unpaired) electrons. The minimum atomic E-state index is -4.45. The van der Waals surface area contributed by atoms with E-state index in [-0.39, 0.29) is 11.4 Å². The van der Waals surface area contributed by atoms with Gasteiger partial charge >= 0.3 is 6.18 Å². The summed E-state index contributed by atoms with van der Waals surface area (Å²) in [6.45, 7) is 4.06. The maximum Gasteiger partial charge on any atom is 0.418 e. The largest absolute Gasteiger partial charge is 0.418 e. The SMILES string of the molecule is CC(C)c1cccc(Nc2ccc(N)cc2C(F)(F)F)c1. The molecule has 0 bridgehead atoms. The molecular formula is C16H17F3N2. The van der Waals surface area contributed by atoms with Crippen molar-refractivity contribution in [2.75, 3.05) is 11.1 Å². The van der Waals surface area contributed by atoms with Crippen molar-refractivity contribution in [1.82, 2.24) is 0 Å². The molecule has 112 valence electrons. The van der Waals surface area contributed by atoms with Gasteiger partial charge in [0.2, 0.25) is 0 Å². The van der Waals surface area contributed by atoms with E-state index in [1.54, 1.807) is 6.07 Å². The molecule has 21 heavy (non-hydrogen) atoms. The van der Waals surface area contributed by atoms with Crippen LogP contribution in [0.5, 0.6) is 0 Å². The highest BCUT2D eigenvalue weighted by Gasteiger charge is 2.33. The standard InChI is InChI=1S/C16H17F3N2/c1-10(2)11-4-3-5-13(8-11)21-15-7-6-12(20)9-14(15)16(17,18)19/h3-10,21H,20H2,1-2H3. The van der Waals surface area contributed by atoms with E-state index in [1.807, 2.05) is 32.0 Å². The van der Waals surface area contributed by atoms with Crippen LogP contribution in [0.1, 0.15) is 30.9 Å². The van der Waals surface area contributed by atoms with Crippen LogP contribution in [-0.4, -0.2) is 0 Å². The first-order chi connectivity index (χ1) is 9.77. The maximum absolute atomic E-state index is 13.0. The van der Waals surface area contributed by atoms with Crippen LogP contribution in [-0.2, 0) is 6.18 Å². The first-order valence-corrected chi connectivity index (χ1v) is 6.61. The van der Waals surface area contributed by atoms with E-state index in [4.69, 9.17) is 5.73 Å². The quantitative estimate of drug-likeness (QED) is 0.768. The molecule has 0 fully saturated rings. The summed E-state index contributed by atoms with van der Waals surface area (Å²) in [5, 5.41) is 2.83. The monoisotopic (exact) mass is 294 g/mol. The number of nitrogens with two attached hydrogens (primary N) is 1. The van der Waals surface area contributed by atoms with Gasteiger partial charge in [0.05, 0.1) is 11.3 Å². The summed E-state index contributed by atoms with van der Waals surface area (Å²) in [4.78, 5) is 0. The third kappa shape index (κ3) is 3.68. The fraction of sp³-hybridized carbons (Fsp3) is 0.250. The number of rotatable bonds is 3. The molecule has 3 N–H and O–H groups in total. The second kappa shape index (κ2) is 5.68. The molecule has 0 heterocycles. The molecule has 0 saturated heterocycles. The smallest absolute Gasteiger partial charge is 0.399 e. The first-order valence-electron chi connectivity index (χ1n) is 6.61. The fourth-order valence-electron chi connectivity index (χ4n) is 2.04. The molecule has 0 unspecified atom stereocenters. The molecule has 2 aromatic rings. The van der Waals surface area contributed by atoms with Crippen molar-refractivity contribution in [1.29, 1.82) is 0 Å². The van der Waals surface area contributed by atoms with E-state index in [2.05, 4.69) is 5.32 Å². The van der Waals surface area contributed by atoms with Crippen molar-refractivity contribution in [2.45, 2.75) is 25.9 Å². The van der Waals surface area contributed by atoms with Crippen molar-refractivity contribution >= 4 is 17.1 Å². The fourth-order valence-corrected chi connectivity index (χ4v) is 2.04. The van der Waals surface area contributed by atoms with Gasteiger partial charge in [0.25, 0.3) is 0 Å². The highest BCUT2D eigenvalue weighted by Crippen LogP contribution is 2.37. The zero-order chi connectivity index (χ0) is 15.6. The summed E-state index contributed by atoms with van der Waals surface area (Å²) in [6.07, 6.45) is -4.45. The van der Waals surface area contributed by atoms with Crippen LogP contribution in [0.25, 0.3) is 0 Å². The van der Waals surface area contributed by atoms with Crippen LogP contribution in [0.15, 0.2) is 42.5 Å². The lowest BCUT2D eigenvalue weighted by atomic mass is 10.0. The Hall–Kier alpha value is -2.17. The highest BCUT2D eigenvalue weighted by atomic mass is 19.4. The number of alkyl halides is 3. The molecule has 5 heteroatoms. The summed E-state index contributed by atoms with van der Waals surface area (Å²) in [7, 11) is 0. The predicted molar refractivity (Wildman–Crippen MR) is 79.7 cm³/mol. The van der Waals surface area contributed by atoms with Crippen molar-refractivity contribution in [2.24, 2.45) is 0 Å². The molecule has 0 saturated carbocycles. The molecule has 0 aliphatic carbocycles. The summed E-state index contributed by atoms with van der Waals surface area (Å²) in [6, 6.07) is 11.1. The maximum atomic E-state index is 13.0. The lowest BCUT2D eigenvalue weighted by Crippen LogP contribution is -2.09. The van der Waals surface area contributed by atoms with Crippen LogP contribution in [0.3, 0.4) is 0 Å². The van der Waals surface area contributed by atoms with Crippen LogP contribution in [0, 0.1) is 0 Å². The van der Waals surface area contributed by atoms with Gasteiger partial charge in [0.1, 0.15) is 0 Å². The molecular weight excluding hydrogens is 277 g/mol. The number of anilines is 3. The van der Waals surface area contributed by atoms with Gasteiger partial charge < -0.3 is 11.1 Å². The van der Waals surface area contributed by atoms with Gasteiger partial charge in [0, 0.05) is 11.4 Å². The molecule has 0 spiro atoms. The van der Waals surface area contributed by atoms with E-state index in [0.717, 1.165) is 11.6 Å². The Labute approximate surface area is 121 Å². The minimum Gasteiger partial charge on any atom is -0.399 e. The Morgan fingerprint density at radius 1 is 1.05 bits per heavy atom. The van der Waals surface area contributed by atoms with Crippen molar-refractivity contribution in [3.63, 3.8) is 0 Å². The van der Waals surface area contributed by atoms with Gasteiger partial charge in [-0.2, -0.15) is 13.2 Å². The van der Waals surface area contributed by atoms with Crippen molar-refractivity contribution < 1.29 is 13.2 Å². The molecule has 0 aliphatic rings. The lowest BCUT2D eigenvalue weighted by molar-refractivity contribution is -0.136. The minimum absolute atomic E-state index is 0.00222. The third-order valence-electron chi connectivity index (χ3n) is 3.18. The predicted octanol–water partition coefficient (Wildman–Crippen LogP) is 5.15. The second-order valence-electron chi connectivity index (χ2n) is 5.21. The van der Waals surface area contributed by atoms with Crippen LogP contribution in [0.4, 0.5) is 30.2 Å². The Kier molecular flexibility index (Phi) is 4.11. The summed E-state index contributed by atoms with van der Waals surface area (Å²) in [5.74, 6) is 0.306. The lowest BCUT2D eigenvalue weighted by Gasteiger charge is -2.16. The van der Waals surface area contributed by atoms with E-state index in [9.17, 15) is 13.2 Å². The Bertz CT molecular complexity index is 634. The van der Waals surface area contributed by atoms with Gasteiger partial charge in [-0.05, 0) is 41.8 Å². The molecule has 0 amide bonds. The number of hydrogen-bond acceptors (Lipinski definition) is 2. The topological polar surface area (TPSA) is 38.0 Å². The van der Waals surface area contributed by atoms with Crippen LogP contribution in [0.2, 0.25) is 0 Å². The van der Waals surface area contributed by atoms with E-state index in [0.29, 0.717) is 11.6 Å². The van der Waals surface area contributed by atoms with E-state index in [1.165, 1.54) is 12.1 Å². The zero-order valence-electron chi connectivity index (χ0n) is 11.8. The first kappa shape index (κ1) is 15.2. The summed E-state index contributed by atoms with van der Waals surface area (Å²) >= 11 is 0. The average molecular weight is 294 g/mol. The van der Waals surface area contributed by atoms with Gasteiger partial charge in [-0.1, -0.05) is 26.0 Å². The van der Waals surface area contributed by atoms with Gasteiger partial charge in [-0.15, -0.1) is 0 Å². The number of hydrogen-bond donors (Lipinski definition) is 2. The zero-order valence-corrected chi connectivity index (χ0v) is 11.8. The van der Waals surface area contributed by atoms with Gasteiger partial charge in [0.15, 0.2) is 0 Å². The number of halogens is 3. The Balaban J connectivity index is 2.38. The Morgan fingerprint density at radius 3 is 2.38 bits per heavy atom. The normalized spacial score (nSPS) is 11.7. The average Bonchev–Trinajstić information content (AvgIpc) is 2.40. The van der Waals surface area contributed by atoms with Crippen molar-refractivity contribution in [3.8, 4) is 0 Å². The summed E-state index contributed by atoms with van der Waals surface area (Å²) in [5.41, 5.74) is 6.45.